The van der Waals surface area contributed by atoms with Crippen molar-refractivity contribution in [3.63, 3.8) is 0 Å². The average molecular weight is 203 g/mol. The van der Waals surface area contributed by atoms with Crippen LogP contribution in [-0.2, 0) is 9.53 Å². The van der Waals surface area contributed by atoms with E-state index in [1.807, 2.05) is 0 Å². The first kappa shape index (κ1) is 9.30. The average Bonchev–Trinajstić information content (AvgIpc) is 2.51. The molecule has 4 nitrogen and oxygen atoms in total. The van der Waals surface area contributed by atoms with Crippen LogP contribution in [0.25, 0.3) is 0 Å². The Labute approximate surface area is 81.0 Å². The first-order chi connectivity index (χ1) is 6.22. The normalized spacial score (nSPS) is 39.5. The minimum absolute atomic E-state index is 0.110. The van der Waals surface area contributed by atoms with Crippen LogP contribution in [0.15, 0.2) is 0 Å². The van der Waals surface area contributed by atoms with Gasteiger partial charge in [-0.2, -0.15) is 0 Å². The second-order valence-corrected chi connectivity index (χ2v) is 4.90. The van der Waals surface area contributed by atoms with Crippen molar-refractivity contribution in [2.75, 3.05) is 19.0 Å². The van der Waals surface area contributed by atoms with Gasteiger partial charge >= 0.3 is 5.97 Å². The van der Waals surface area contributed by atoms with E-state index < -0.39 is 12.0 Å². The van der Waals surface area contributed by atoms with Gasteiger partial charge in [-0.05, 0) is 12.8 Å². The molecule has 1 spiro atoms. The Morgan fingerprint density at radius 2 is 2.54 bits per heavy atom. The fourth-order valence-electron chi connectivity index (χ4n) is 1.77. The van der Waals surface area contributed by atoms with Crippen LogP contribution in [0.4, 0.5) is 0 Å². The third kappa shape index (κ3) is 1.82. The van der Waals surface area contributed by atoms with Crippen LogP contribution in [0.2, 0.25) is 0 Å². The molecule has 2 N–H and O–H groups in total. The van der Waals surface area contributed by atoms with E-state index in [-0.39, 0.29) is 4.87 Å². The maximum Gasteiger partial charge on any atom is 0.321 e. The highest BCUT2D eigenvalue weighted by atomic mass is 32.2. The van der Waals surface area contributed by atoms with Gasteiger partial charge in [-0.25, -0.2) is 0 Å². The molecule has 0 radical (unpaired) electrons. The van der Waals surface area contributed by atoms with Crippen molar-refractivity contribution < 1.29 is 14.6 Å². The van der Waals surface area contributed by atoms with Crippen molar-refractivity contribution in [3.05, 3.63) is 0 Å². The monoisotopic (exact) mass is 203 g/mol. The van der Waals surface area contributed by atoms with Crippen LogP contribution in [0, 0.1) is 0 Å². The Morgan fingerprint density at radius 3 is 3.08 bits per heavy atom. The second kappa shape index (κ2) is 3.48. The van der Waals surface area contributed by atoms with Crippen LogP contribution in [0.5, 0.6) is 0 Å². The van der Waals surface area contributed by atoms with Crippen molar-refractivity contribution in [1.29, 1.82) is 0 Å². The summed E-state index contributed by atoms with van der Waals surface area (Å²) in [7, 11) is 0. The number of carbonyl (C=O) groups is 1. The minimum atomic E-state index is -0.755. The SMILES string of the molecule is O=C(O)[C@@H]1CSC2(CCCOC2)N1. The third-order valence-corrected chi connectivity index (χ3v) is 3.96. The molecule has 0 aromatic heterocycles. The highest BCUT2D eigenvalue weighted by Gasteiger charge is 2.43. The number of carboxylic acids is 1. The summed E-state index contributed by atoms with van der Waals surface area (Å²) in [5.74, 6) is -0.103. The Balaban J connectivity index is 1.98. The Hall–Kier alpha value is -0.260. The van der Waals surface area contributed by atoms with Gasteiger partial charge in [-0.1, -0.05) is 0 Å². The molecule has 2 aliphatic heterocycles. The van der Waals surface area contributed by atoms with E-state index in [9.17, 15) is 4.79 Å². The molecule has 0 aromatic carbocycles. The summed E-state index contributed by atoms with van der Waals surface area (Å²) >= 11 is 1.69. The number of nitrogens with one attached hydrogen (secondary N) is 1. The van der Waals surface area contributed by atoms with E-state index in [1.165, 1.54) is 0 Å². The quantitative estimate of drug-likeness (QED) is 0.641. The fraction of sp³-hybridized carbons (Fsp3) is 0.875. The van der Waals surface area contributed by atoms with Crippen molar-refractivity contribution in [3.8, 4) is 0 Å². The van der Waals surface area contributed by atoms with Crippen LogP contribution in [0.1, 0.15) is 12.8 Å². The number of ether oxygens (including phenoxy) is 1. The molecule has 13 heavy (non-hydrogen) atoms. The van der Waals surface area contributed by atoms with Crippen molar-refractivity contribution in [2.24, 2.45) is 0 Å². The molecule has 74 valence electrons. The van der Waals surface area contributed by atoms with Gasteiger partial charge in [0.1, 0.15) is 6.04 Å². The molecule has 2 rings (SSSR count). The van der Waals surface area contributed by atoms with Crippen LogP contribution < -0.4 is 5.32 Å². The number of hydrogen-bond acceptors (Lipinski definition) is 4. The summed E-state index contributed by atoms with van der Waals surface area (Å²) in [6, 6.07) is -0.397. The molecule has 2 fully saturated rings. The molecule has 0 aliphatic carbocycles. The predicted molar refractivity (Wildman–Crippen MR) is 49.8 cm³/mol. The van der Waals surface area contributed by atoms with Gasteiger partial charge in [-0.15, -0.1) is 11.8 Å². The zero-order valence-corrected chi connectivity index (χ0v) is 8.10. The van der Waals surface area contributed by atoms with Gasteiger partial charge in [0.05, 0.1) is 11.5 Å². The minimum Gasteiger partial charge on any atom is -0.480 e. The summed E-state index contributed by atoms with van der Waals surface area (Å²) < 4.78 is 5.36. The van der Waals surface area contributed by atoms with Crippen molar-refractivity contribution >= 4 is 17.7 Å². The smallest absolute Gasteiger partial charge is 0.321 e. The summed E-state index contributed by atoms with van der Waals surface area (Å²) in [5, 5.41) is 12.0. The van der Waals surface area contributed by atoms with Gasteiger partial charge in [0.25, 0.3) is 0 Å². The Bertz CT molecular complexity index is 215. The van der Waals surface area contributed by atoms with Crippen LogP contribution in [0.3, 0.4) is 0 Å². The van der Waals surface area contributed by atoms with Crippen LogP contribution >= 0.6 is 11.8 Å². The molecule has 0 saturated carbocycles. The Morgan fingerprint density at radius 1 is 1.69 bits per heavy atom. The zero-order chi connectivity index (χ0) is 9.31. The van der Waals surface area contributed by atoms with Gasteiger partial charge in [-0.3, -0.25) is 10.1 Å². The Kier molecular flexibility index (Phi) is 2.49. The summed E-state index contributed by atoms with van der Waals surface area (Å²) in [5.41, 5.74) is 0. The predicted octanol–water partition coefficient (Wildman–Crippen LogP) is 0.283. The highest BCUT2D eigenvalue weighted by molar-refractivity contribution is 8.01. The molecule has 2 aliphatic rings. The molecular formula is C8H13NO3S. The summed E-state index contributed by atoms with van der Waals surface area (Å²) in [4.78, 5) is 10.6. The molecule has 5 heteroatoms. The molecule has 2 saturated heterocycles. The fourth-order valence-corrected chi connectivity index (χ4v) is 3.17. The van der Waals surface area contributed by atoms with E-state index in [0.29, 0.717) is 12.4 Å². The first-order valence-electron chi connectivity index (χ1n) is 4.44. The number of carboxylic acid groups (broad SMARTS) is 1. The van der Waals surface area contributed by atoms with Gasteiger partial charge in [0.2, 0.25) is 0 Å². The molecule has 2 heterocycles. The molecule has 0 amide bonds. The standard InChI is InChI=1S/C8H13NO3S/c10-7(11)6-4-13-8(9-6)2-1-3-12-5-8/h6,9H,1-5H2,(H,10,11)/t6-,8?/m0/s1. The topological polar surface area (TPSA) is 58.6 Å². The van der Waals surface area contributed by atoms with E-state index in [4.69, 9.17) is 9.84 Å². The first-order valence-corrected chi connectivity index (χ1v) is 5.43. The van der Waals surface area contributed by atoms with Crippen molar-refractivity contribution in [2.45, 2.75) is 23.8 Å². The lowest BCUT2D eigenvalue weighted by molar-refractivity contribution is -0.139. The van der Waals surface area contributed by atoms with Gasteiger partial charge in [0.15, 0.2) is 0 Å². The van der Waals surface area contributed by atoms with Gasteiger partial charge in [0, 0.05) is 12.4 Å². The maximum atomic E-state index is 10.7. The summed E-state index contributed by atoms with van der Waals surface area (Å²) in [6.45, 7) is 1.45. The number of thioether (sulfide) groups is 1. The highest BCUT2D eigenvalue weighted by Crippen LogP contribution is 2.36. The lowest BCUT2D eigenvalue weighted by atomic mass is 10.1. The lowest BCUT2D eigenvalue weighted by Gasteiger charge is -2.32. The number of rotatable bonds is 1. The molecule has 1 unspecified atom stereocenters. The van der Waals surface area contributed by atoms with E-state index in [2.05, 4.69) is 5.32 Å². The largest absolute Gasteiger partial charge is 0.480 e. The maximum absolute atomic E-state index is 10.7. The van der Waals surface area contributed by atoms with Crippen molar-refractivity contribution in [1.82, 2.24) is 5.32 Å². The summed E-state index contributed by atoms with van der Waals surface area (Å²) in [6.07, 6.45) is 2.04. The molecular weight excluding hydrogens is 190 g/mol. The van der Waals surface area contributed by atoms with Crippen LogP contribution in [-0.4, -0.2) is 41.0 Å². The molecule has 0 aromatic rings. The molecule has 0 bridgehead atoms. The lowest BCUT2D eigenvalue weighted by Crippen LogP contribution is -2.49. The van der Waals surface area contributed by atoms with E-state index in [0.717, 1.165) is 19.4 Å². The zero-order valence-electron chi connectivity index (χ0n) is 7.28. The molecule has 2 atom stereocenters. The van der Waals surface area contributed by atoms with Gasteiger partial charge < -0.3 is 9.84 Å². The number of aliphatic carboxylic acids is 1. The number of hydrogen-bond donors (Lipinski definition) is 2. The van der Waals surface area contributed by atoms with E-state index in [1.54, 1.807) is 11.8 Å². The second-order valence-electron chi connectivity index (χ2n) is 3.50. The van der Waals surface area contributed by atoms with E-state index >= 15 is 0 Å². The third-order valence-electron chi connectivity index (χ3n) is 2.47.